The zero-order valence-electron chi connectivity index (χ0n) is 7.22. The van der Waals surface area contributed by atoms with Crippen molar-refractivity contribution < 1.29 is 0 Å². The number of hydrogen-bond donors (Lipinski definition) is 1. The van der Waals surface area contributed by atoms with Crippen LogP contribution in [-0.2, 0) is 11.2 Å². The fourth-order valence-corrected chi connectivity index (χ4v) is 2.16. The lowest BCUT2D eigenvalue weighted by atomic mass is 9.94. The Morgan fingerprint density at radius 3 is 2.36 bits per heavy atom. The second-order valence-electron chi connectivity index (χ2n) is 3.73. The molecule has 1 heterocycles. The molecule has 0 saturated carbocycles. The molecule has 0 nitrogen and oxygen atoms in total. The van der Waals surface area contributed by atoms with Crippen LogP contribution in [0.4, 0.5) is 0 Å². The maximum absolute atomic E-state index is 4.23. The maximum atomic E-state index is 4.23. The van der Waals surface area contributed by atoms with Crippen molar-refractivity contribution in [1.82, 2.24) is 0 Å². The molecule has 0 aliphatic heterocycles. The summed E-state index contributed by atoms with van der Waals surface area (Å²) < 4.78 is 0. The molecule has 0 fully saturated rings. The van der Waals surface area contributed by atoms with Gasteiger partial charge in [-0.1, -0.05) is 20.8 Å². The molecule has 0 amide bonds. The predicted octanol–water partition coefficient (Wildman–Crippen LogP) is 3.48. The van der Waals surface area contributed by atoms with Crippen LogP contribution in [0, 0.1) is 0 Å². The van der Waals surface area contributed by atoms with Gasteiger partial charge in [-0.2, -0.15) is 12.6 Å². The molecular formula is C9H14S2. The fourth-order valence-electron chi connectivity index (χ4n) is 0.852. The summed E-state index contributed by atoms with van der Waals surface area (Å²) in [5.74, 6) is 0.854. The lowest BCUT2D eigenvalue weighted by molar-refractivity contribution is 0.603. The zero-order valence-corrected chi connectivity index (χ0v) is 8.93. The lowest BCUT2D eigenvalue weighted by Crippen LogP contribution is -2.07. The second kappa shape index (κ2) is 3.20. The van der Waals surface area contributed by atoms with E-state index >= 15 is 0 Å². The number of thiol groups is 1. The van der Waals surface area contributed by atoms with Crippen LogP contribution in [0.25, 0.3) is 0 Å². The Kier molecular flexibility index (Phi) is 2.66. The van der Waals surface area contributed by atoms with Crippen LogP contribution >= 0.6 is 24.0 Å². The lowest BCUT2D eigenvalue weighted by Gasteiger charge is -2.15. The van der Waals surface area contributed by atoms with E-state index in [4.69, 9.17) is 0 Å². The molecule has 0 unspecified atom stereocenters. The van der Waals surface area contributed by atoms with E-state index in [1.54, 1.807) is 0 Å². The Morgan fingerprint density at radius 1 is 1.45 bits per heavy atom. The van der Waals surface area contributed by atoms with Gasteiger partial charge in [-0.05, 0) is 22.4 Å². The third kappa shape index (κ3) is 2.24. The number of thiophene rings is 1. The molecular weight excluding hydrogens is 172 g/mol. The summed E-state index contributed by atoms with van der Waals surface area (Å²) in [5, 5.41) is 2.19. The van der Waals surface area contributed by atoms with E-state index < -0.39 is 0 Å². The van der Waals surface area contributed by atoms with Gasteiger partial charge in [-0.15, -0.1) is 11.3 Å². The first-order chi connectivity index (χ1) is 5.04. The smallest absolute Gasteiger partial charge is 0.0162 e. The number of hydrogen-bond acceptors (Lipinski definition) is 2. The molecule has 0 spiro atoms. The molecule has 0 saturated heterocycles. The van der Waals surface area contributed by atoms with E-state index in [0.29, 0.717) is 5.41 Å². The largest absolute Gasteiger partial charge is 0.175 e. The van der Waals surface area contributed by atoms with Gasteiger partial charge in [0.15, 0.2) is 0 Å². The minimum Gasteiger partial charge on any atom is -0.175 e. The number of rotatable bonds is 1. The summed E-state index contributed by atoms with van der Waals surface area (Å²) in [7, 11) is 0. The third-order valence-corrected chi connectivity index (χ3v) is 3.35. The van der Waals surface area contributed by atoms with Gasteiger partial charge in [0.2, 0.25) is 0 Å². The first-order valence-electron chi connectivity index (χ1n) is 3.73. The van der Waals surface area contributed by atoms with Crippen LogP contribution in [0.1, 0.15) is 31.2 Å². The molecule has 1 aromatic rings. The van der Waals surface area contributed by atoms with Gasteiger partial charge in [-0.3, -0.25) is 0 Å². The van der Waals surface area contributed by atoms with Crippen molar-refractivity contribution in [2.75, 3.05) is 0 Å². The molecule has 2 heteroatoms. The van der Waals surface area contributed by atoms with Crippen LogP contribution in [-0.4, -0.2) is 0 Å². The van der Waals surface area contributed by atoms with Gasteiger partial charge < -0.3 is 0 Å². The van der Waals surface area contributed by atoms with E-state index in [1.165, 1.54) is 10.4 Å². The summed E-state index contributed by atoms with van der Waals surface area (Å²) >= 11 is 6.06. The van der Waals surface area contributed by atoms with Crippen LogP contribution in [0.3, 0.4) is 0 Å². The van der Waals surface area contributed by atoms with E-state index in [1.807, 2.05) is 11.3 Å². The Bertz CT molecular complexity index is 230. The molecule has 62 valence electrons. The van der Waals surface area contributed by atoms with Gasteiger partial charge in [0.1, 0.15) is 0 Å². The topological polar surface area (TPSA) is 0 Å². The summed E-state index contributed by atoms with van der Waals surface area (Å²) in [4.78, 5) is 1.45. The first-order valence-corrected chi connectivity index (χ1v) is 5.24. The predicted molar refractivity (Wildman–Crippen MR) is 55.7 cm³/mol. The van der Waals surface area contributed by atoms with Gasteiger partial charge in [0.25, 0.3) is 0 Å². The molecule has 0 radical (unpaired) electrons. The van der Waals surface area contributed by atoms with E-state index in [2.05, 4.69) is 44.8 Å². The molecule has 0 aliphatic rings. The highest BCUT2D eigenvalue weighted by Gasteiger charge is 2.15. The molecule has 0 aromatic carbocycles. The minimum atomic E-state index is 0.297. The summed E-state index contributed by atoms with van der Waals surface area (Å²) in [6, 6.07) is 2.25. The normalized spacial score (nSPS) is 12.0. The van der Waals surface area contributed by atoms with Crippen molar-refractivity contribution in [1.29, 1.82) is 0 Å². The zero-order chi connectivity index (χ0) is 8.48. The summed E-state index contributed by atoms with van der Waals surface area (Å²) in [6.45, 7) is 6.71. The second-order valence-corrected chi connectivity index (χ2v) is 4.95. The Hall–Kier alpha value is 0.0500. The van der Waals surface area contributed by atoms with E-state index in [9.17, 15) is 0 Å². The highest BCUT2D eigenvalue weighted by molar-refractivity contribution is 7.79. The van der Waals surface area contributed by atoms with Crippen LogP contribution < -0.4 is 0 Å². The van der Waals surface area contributed by atoms with E-state index in [0.717, 1.165) is 5.75 Å². The van der Waals surface area contributed by atoms with E-state index in [-0.39, 0.29) is 0 Å². The Labute approximate surface area is 78.1 Å². The highest BCUT2D eigenvalue weighted by Crippen LogP contribution is 2.28. The minimum absolute atomic E-state index is 0.297. The Balaban J connectivity index is 2.89. The molecule has 1 rings (SSSR count). The van der Waals surface area contributed by atoms with Crippen LogP contribution in [0.15, 0.2) is 11.4 Å². The third-order valence-electron chi connectivity index (χ3n) is 1.58. The molecule has 0 atom stereocenters. The van der Waals surface area contributed by atoms with Crippen molar-refractivity contribution in [3.05, 3.63) is 21.9 Å². The van der Waals surface area contributed by atoms with Crippen molar-refractivity contribution in [2.45, 2.75) is 31.9 Å². The standard InChI is InChI=1S/C9H14S2/c1-9(2,3)8-4-7(5-10)6-11-8/h4,6,10H,5H2,1-3H3. The van der Waals surface area contributed by atoms with Gasteiger partial charge >= 0.3 is 0 Å². The van der Waals surface area contributed by atoms with Crippen molar-refractivity contribution >= 4 is 24.0 Å². The fraction of sp³-hybridized carbons (Fsp3) is 0.556. The molecule has 1 aromatic heterocycles. The molecule has 0 bridgehead atoms. The highest BCUT2D eigenvalue weighted by atomic mass is 32.1. The SMILES string of the molecule is CC(C)(C)c1cc(CS)cs1. The average molecular weight is 186 g/mol. The average Bonchev–Trinajstić information content (AvgIpc) is 2.32. The van der Waals surface area contributed by atoms with Crippen LogP contribution in [0.5, 0.6) is 0 Å². The monoisotopic (exact) mass is 186 g/mol. The molecule has 0 N–H and O–H groups in total. The summed E-state index contributed by atoms with van der Waals surface area (Å²) in [6.07, 6.45) is 0. The summed E-state index contributed by atoms with van der Waals surface area (Å²) in [5.41, 5.74) is 1.63. The molecule has 11 heavy (non-hydrogen) atoms. The van der Waals surface area contributed by atoms with Gasteiger partial charge in [0.05, 0.1) is 0 Å². The maximum Gasteiger partial charge on any atom is 0.0162 e. The quantitative estimate of drug-likeness (QED) is 0.638. The van der Waals surface area contributed by atoms with Crippen LogP contribution in [0.2, 0.25) is 0 Å². The first kappa shape index (κ1) is 9.14. The molecule has 0 aliphatic carbocycles. The van der Waals surface area contributed by atoms with Crippen molar-refractivity contribution in [3.8, 4) is 0 Å². The van der Waals surface area contributed by atoms with Crippen molar-refractivity contribution in [2.24, 2.45) is 0 Å². The van der Waals surface area contributed by atoms with Crippen molar-refractivity contribution in [3.63, 3.8) is 0 Å². The van der Waals surface area contributed by atoms with Gasteiger partial charge in [0, 0.05) is 10.6 Å². The van der Waals surface area contributed by atoms with Gasteiger partial charge in [-0.25, -0.2) is 0 Å². The Morgan fingerprint density at radius 2 is 2.09 bits per heavy atom.